The van der Waals surface area contributed by atoms with Gasteiger partial charge in [-0.1, -0.05) is 6.92 Å². The summed E-state index contributed by atoms with van der Waals surface area (Å²) in [5, 5.41) is 9.00. The molecule has 0 spiro atoms. The molecule has 3 nitrogen and oxygen atoms in total. The summed E-state index contributed by atoms with van der Waals surface area (Å²) in [5.74, 6) is -4.12. The van der Waals surface area contributed by atoms with Crippen LogP contribution in [0.15, 0.2) is 0 Å². The van der Waals surface area contributed by atoms with Crippen molar-refractivity contribution in [1.82, 2.24) is 4.90 Å². The van der Waals surface area contributed by atoms with Crippen LogP contribution in [0.25, 0.3) is 0 Å². The molecule has 2 rings (SSSR count). The van der Waals surface area contributed by atoms with Crippen LogP contribution in [0.1, 0.15) is 26.2 Å². The van der Waals surface area contributed by atoms with Crippen molar-refractivity contribution in [2.24, 2.45) is 11.8 Å². The lowest BCUT2D eigenvalue weighted by Gasteiger charge is -2.25. The first-order valence-corrected chi connectivity index (χ1v) is 5.80. The van der Waals surface area contributed by atoms with E-state index in [4.69, 9.17) is 5.11 Å². The van der Waals surface area contributed by atoms with Gasteiger partial charge in [0.05, 0.1) is 0 Å². The van der Waals surface area contributed by atoms with Gasteiger partial charge in [0.15, 0.2) is 0 Å². The lowest BCUT2D eigenvalue weighted by molar-refractivity contribution is -0.143. The van der Waals surface area contributed by atoms with E-state index in [0.717, 1.165) is 0 Å². The average Bonchev–Trinajstić information content (AvgIpc) is 2.69. The minimum absolute atomic E-state index is 0.0107. The lowest BCUT2D eigenvalue weighted by atomic mass is 9.99. The minimum Gasteiger partial charge on any atom is -0.480 e. The summed E-state index contributed by atoms with van der Waals surface area (Å²) < 4.78 is 26.9. The van der Waals surface area contributed by atoms with E-state index in [9.17, 15) is 13.6 Å². The van der Waals surface area contributed by atoms with E-state index in [2.05, 4.69) is 0 Å². The maximum absolute atomic E-state index is 13.5. The fourth-order valence-electron chi connectivity index (χ4n) is 3.08. The summed E-state index contributed by atoms with van der Waals surface area (Å²) in [7, 11) is 0. The smallest absolute Gasteiger partial charge is 0.320 e. The van der Waals surface area contributed by atoms with Crippen LogP contribution in [0.3, 0.4) is 0 Å². The quantitative estimate of drug-likeness (QED) is 0.808. The van der Waals surface area contributed by atoms with Crippen LogP contribution < -0.4 is 0 Å². The van der Waals surface area contributed by atoms with Crippen LogP contribution >= 0.6 is 0 Å². The Labute approximate surface area is 93.4 Å². The largest absolute Gasteiger partial charge is 0.480 e. The van der Waals surface area contributed by atoms with Crippen molar-refractivity contribution in [3.05, 3.63) is 0 Å². The van der Waals surface area contributed by atoms with E-state index in [-0.39, 0.29) is 18.9 Å². The van der Waals surface area contributed by atoms with Crippen LogP contribution in [0, 0.1) is 11.8 Å². The molecule has 1 aliphatic carbocycles. The van der Waals surface area contributed by atoms with Crippen molar-refractivity contribution < 1.29 is 18.7 Å². The summed E-state index contributed by atoms with van der Waals surface area (Å²) in [4.78, 5) is 12.7. The Balaban J connectivity index is 2.06. The fraction of sp³-hybridized carbons (Fsp3) is 0.909. The molecule has 1 saturated carbocycles. The van der Waals surface area contributed by atoms with Gasteiger partial charge in [-0.25, -0.2) is 8.78 Å². The highest BCUT2D eigenvalue weighted by molar-refractivity contribution is 5.73. The number of nitrogens with zero attached hydrogens (tertiary/aromatic N) is 1. The van der Waals surface area contributed by atoms with Gasteiger partial charge < -0.3 is 5.11 Å². The van der Waals surface area contributed by atoms with E-state index in [1.165, 1.54) is 0 Å². The molecule has 0 aromatic carbocycles. The topological polar surface area (TPSA) is 40.5 Å². The summed E-state index contributed by atoms with van der Waals surface area (Å²) in [6, 6.07) is -0.596. The van der Waals surface area contributed by atoms with E-state index >= 15 is 0 Å². The van der Waals surface area contributed by atoms with E-state index in [1.54, 1.807) is 11.8 Å². The summed E-state index contributed by atoms with van der Waals surface area (Å²) in [6.45, 7) is 2.54. The van der Waals surface area contributed by atoms with Crippen molar-refractivity contribution in [2.45, 2.75) is 38.2 Å². The molecular weight excluding hydrogens is 216 g/mol. The molecule has 0 aromatic heterocycles. The monoisotopic (exact) mass is 233 g/mol. The molecule has 0 bridgehead atoms. The molecule has 92 valence electrons. The second-order valence-electron chi connectivity index (χ2n) is 4.88. The predicted octanol–water partition coefficient (Wildman–Crippen LogP) is 1.83. The molecule has 2 fully saturated rings. The summed E-state index contributed by atoms with van der Waals surface area (Å²) in [5.41, 5.74) is 0. The number of fused-ring (bicyclic) bond motifs is 1. The van der Waals surface area contributed by atoms with Crippen molar-refractivity contribution in [2.75, 3.05) is 13.1 Å². The molecule has 5 heteroatoms. The Morgan fingerprint density at radius 1 is 1.56 bits per heavy atom. The second kappa shape index (κ2) is 3.95. The molecule has 1 N–H and O–H groups in total. The van der Waals surface area contributed by atoms with Crippen molar-refractivity contribution in [3.63, 3.8) is 0 Å². The molecule has 3 unspecified atom stereocenters. The number of alkyl halides is 2. The number of hydrogen-bond donors (Lipinski definition) is 1. The molecule has 0 amide bonds. The van der Waals surface area contributed by atoms with Gasteiger partial charge in [0, 0.05) is 25.4 Å². The molecule has 3 atom stereocenters. The zero-order valence-electron chi connectivity index (χ0n) is 9.33. The number of rotatable bonds is 3. The van der Waals surface area contributed by atoms with Gasteiger partial charge in [-0.2, -0.15) is 0 Å². The Kier molecular flexibility index (Phi) is 2.90. The number of carbonyl (C=O) groups is 1. The minimum atomic E-state index is -2.59. The van der Waals surface area contributed by atoms with Crippen LogP contribution in [-0.2, 0) is 4.79 Å². The molecule has 0 radical (unpaired) electrons. The predicted molar refractivity (Wildman–Crippen MR) is 54.4 cm³/mol. The lowest BCUT2D eigenvalue weighted by Crippen LogP contribution is -2.40. The van der Waals surface area contributed by atoms with E-state index < -0.39 is 23.9 Å². The first-order valence-electron chi connectivity index (χ1n) is 5.80. The van der Waals surface area contributed by atoms with Crippen molar-refractivity contribution in [1.29, 1.82) is 0 Å². The molecule has 1 aliphatic heterocycles. The second-order valence-corrected chi connectivity index (χ2v) is 4.88. The summed E-state index contributed by atoms with van der Waals surface area (Å²) in [6.07, 6.45) is 0.977. The molecule has 1 heterocycles. The zero-order valence-corrected chi connectivity index (χ0v) is 9.33. The van der Waals surface area contributed by atoms with Crippen LogP contribution in [0.5, 0.6) is 0 Å². The fourth-order valence-corrected chi connectivity index (χ4v) is 3.08. The van der Waals surface area contributed by atoms with Crippen LogP contribution in [0.4, 0.5) is 8.78 Å². The first-order chi connectivity index (χ1) is 7.45. The number of carboxylic acids is 1. The zero-order chi connectivity index (χ0) is 11.9. The third-order valence-corrected chi connectivity index (χ3v) is 3.97. The van der Waals surface area contributed by atoms with Crippen LogP contribution in [-0.4, -0.2) is 41.0 Å². The molecule has 0 aromatic rings. The highest BCUT2D eigenvalue weighted by atomic mass is 19.3. The van der Waals surface area contributed by atoms with Gasteiger partial charge in [-0.15, -0.1) is 0 Å². The van der Waals surface area contributed by atoms with Gasteiger partial charge in [-0.3, -0.25) is 9.69 Å². The van der Waals surface area contributed by atoms with E-state index in [1.807, 2.05) is 0 Å². The standard InChI is InChI=1S/C11H17F2NO2/c1-2-9(10(15)16)14-5-7-3-4-11(12,13)8(7)6-14/h7-9H,2-6H2,1H3,(H,15,16). The molecule has 2 aliphatic rings. The van der Waals surface area contributed by atoms with Gasteiger partial charge >= 0.3 is 5.97 Å². The number of likely N-dealkylation sites (tertiary alicyclic amines) is 1. The van der Waals surface area contributed by atoms with E-state index in [0.29, 0.717) is 19.4 Å². The Morgan fingerprint density at radius 2 is 2.25 bits per heavy atom. The molecule has 1 saturated heterocycles. The number of carboxylic acid groups (broad SMARTS) is 1. The third-order valence-electron chi connectivity index (χ3n) is 3.97. The maximum Gasteiger partial charge on any atom is 0.320 e. The van der Waals surface area contributed by atoms with Crippen molar-refractivity contribution >= 4 is 5.97 Å². The Bertz CT molecular complexity index is 296. The molecule has 16 heavy (non-hydrogen) atoms. The maximum atomic E-state index is 13.5. The van der Waals surface area contributed by atoms with Gasteiger partial charge in [0.1, 0.15) is 6.04 Å². The van der Waals surface area contributed by atoms with Gasteiger partial charge in [-0.05, 0) is 18.8 Å². The van der Waals surface area contributed by atoms with Gasteiger partial charge in [0.2, 0.25) is 0 Å². The molecular formula is C11H17F2NO2. The number of aliphatic carboxylic acids is 1. The summed E-state index contributed by atoms with van der Waals surface area (Å²) >= 11 is 0. The van der Waals surface area contributed by atoms with Crippen LogP contribution in [0.2, 0.25) is 0 Å². The highest BCUT2D eigenvalue weighted by Gasteiger charge is 2.54. The third kappa shape index (κ3) is 1.81. The first kappa shape index (κ1) is 11.8. The highest BCUT2D eigenvalue weighted by Crippen LogP contribution is 2.48. The Morgan fingerprint density at radius 3 is 2.75 bits per heavy atom. The van der Waals surface area contributed by atoms with Gasteiger partial charge in [0.25, 0.3) is 5.92 Å². The Hall–Kier alpha value is -0.710. The normalized spacial score (nSPS) is 34.9. The SMILES string of the molecule is CCC(C(=O)O)N1CC2CCC(F)(F)C2C1. The average molecular weight is 233 g/mol. The number of halogens is 2. The number of hydrogen-bond acceptors (Lipinski definition) is 2. The van der Waals surface area contributed by atoms with Crippen molar-refractivity contribution in [3.8, 4) is 0 Å².